The quantitative estimate of drug-likeness (QED) is 0.0613. The number of carboxylic acid groups (broad SMARTS) is 2. The second kappa shape index (κ2) is 12.7. The van der Waals surface area contributed by atoms with E-state index in [-0.39, 0.29) is 58.0 Å². The largest absolute Gasteiger partial charge is 0.504 e. The van der Waals surface area contributed by atoms with Crippen molar-refractivity contribution >= 4 is 75.3 Å². The summed E-state index contributed by atoms with van der Waals surface area (Å²) in [5, 5.41) is 48.9. The number of aromatic hydroxyl groups is 2. The predicted octanol–water partition coefficient (Wildman–Crippen LogP) is -1.32. The zero-order valence-corrected chi connectivity index (χ0v) is 26.8. The van der Waals surface area contributed by atoms with E-state index >= 15 is 0 Å². The number of hydrogen-bond donors (Lipinski definition) is 7. The number of benzene rings is 1. The number of anilines is 1. The number of carbonyl (C=O) groups is 7. The number of thiazole rings is 1. The van der Waals surface area contributed by atoms with Gasteiger partial charge in [-0.3, -0.25) is 28.9 Å². The average Bonchev–Trinajstić information content (AvgIpc) is 3.71. The SMILES string of the molecule is CC(C)(O/N=C(\C(=O)N[C@H]1CN2CC(C(=O)NCCN3C(=O)c4cc(O)c(O)cc4C3=O)=C(C(=O)O)N2C1=O)c1nc(N)sc1Cl)C(=O)O. The molecule has 8 N–H and O–H groups in total. The van der Waals surface area contributed by atoms with E-state index in [1.54, 1.807) is 0 Å². The molecule has 2 aromatic rings. The number of phenolic OH excluding ortho intramolecular Hbond substituents is 2. The van der Waals surface area contributed by atoms with Gasteiger partial charge in [0.15, 0.2) is 28.0 Å². The first kappa shape index (κ1) is 34.5. The number of rotatable bonds is 11. The number of halogens is 1. The van der Waals surface area contributed by atoms with Crippen LogP contribution in [0.3, 0.4) is 0 Å². The number of amides is 5. The Hall–Kier alpha value is -5.80. The first-order chi connectivity index (χ1) is 22.9. The number of nitrogens with zero attached hydrogens (tertiary/aromatic N) is 5. The third kappa shape index (κ3) is 6.28. The molecule has 20 nitrogen and oxygen atoms in total. The van der Waals surface area contributed by atoms with E-state index in [1.165, 1.54) is 5.01 Å². The van der Waals surface area contributed by atoms with Gasteiger partial charge in [0, 0.05) is 19.6 Å². The lowest BCUT2D eigenvalue weighted by Crippen LogP contribution is -2.46. The fourth-order valence-corrected chi connectivity index (χ4v) is 5.85. The normalized spacial score (nSPS) is 17.8. The number of carboxylic acids is 2. The number of nitrogen functional groups attached to an aromatic ring is 1. The number of imide groups is 1. The summed E-state index contributed by atoms with van der Waals surface area (Å²) >= 11 is 6.92. The fraction of sp³-hybridized carbons (Fsp3) is 0.296. The van der Waals surface area contributed by atoms with Crippen LogP contribution >= 0.6 is 22.9 Å². The van der Waals surface area contributed by atoms with Crippen LogP contribution in [0.1, 0.15) is 40.3 Å². The molecule has 0 unspecified atom stereocenters. The average molecular weight is 721 g/mol. The van der Waals surface area contributed by atoms with Crippen LogP contribution in [-0.2, 0) is 28.8 Å². The zero-order chi connectivity index (χ0) is 36.1. The van der Waals surface area contributed by atoms with Gasteiger partial charge in [-0.05, 0) is 26.0 Å². The second-order valence-corrected chi connectivity index (χ2v) is 12.7. The van der Waals surface area contributed by atoms with Gasteiger partial charge in [0.25, 0.3) is 29.5 Å². The number of phenols is 2. The monoisotopic (exact) mass is 720 g/mol. The van der Waals surface area contributed by atoms with E-state index in [0.717, 1.165) is 42.2 Å². The van der Waals surface area contributed by atoms with E-state index in [2.05, 4.69) is 20.8 Å². The molecule has 0 radical (unpaired) electrons. The van der Waals surface area contributed by atoms with Gasteiger partial charge in [0.1, 0.15) is 16.1 Å². The van der Waals surface area contributed by atoms with Crippen LogP contribution in [0, 0.1) is 0 Å². The number of nitrogens with one attached hydrogen (secondary N) is 2. The number of hydrazine groups is 1. The standard InChI is InChI=1S/C27H25ClN8O12S/c1-27(2,25(46)47)48-33-16(15-18(28)49-26(29)32-15)20(40)31-12-8-34-7-11(17(24(44)45)36(34)23(12)43)19(39)30-3-4-35-21(41)9-5-13(37)14(38)6-10(9)22(35)42/h5-6,12,37-38H,3-4,7-8H2,1-2H3,(H2,29,32)(H,30,39)(H,31,40)(H,44,45)(H,46,47)/b33-16-/t12-/m0/s1. The molecule has 4 heterocycles. The number of aliphatic carboxylic acids is 2. The van der Waals surface area contributed by atoms with Crippen LogP contribution in [0.5, 0.6) is 11.5 Å². The van der Waals surface area contributed by atoms with Crippen molar-refractivity contribution in [3.63, 3.8) is 0 Å². The first-order valence-electron chi connectivity index (χ1n) is 13.9. The van der Waals surface area contributed by atoms with Crippen molar-refractivity contribution in [1.29, 1.82) is 0 Å². The molecule has 49 heavy (non-hydrogen) atoms. The van der Waals surface area contributed by atoms with Crippen molar-refractivity contribution in [1.82, 2.24) is 30.5 Å². The number of fused-ring (bicyclic) bond motifs is 2. The molecule has 1 fully saturated rings. The second-order valence-electron chi connectivity index (χ2n) is 11.1. The molecule has 1 aromatic carbocycles. The third-order valence-corrected chi connectivity index (χ3v) is 8.50. The van der Waals surface area contributed by atoms with Crippen LogP contribution in [0.4, 0.5) is 5.13 Å². The van der Waals surface area contributed by atoms with Crippen molar-refractivity contribution < 1.29 is 58.8 Å². The minimum Gasteiger partial charge on any atom is -0.504 e. The molecular formula is C27H25ClN8O12S. The highest BCUT2D eigenvalue weighted by Crippen LogP contribution is 2.34. The highest BCUT2D eigenvalue weighted by molar-refractivity contribution is 7.19. The zero-order valence-electron chi connectivity index (χ0n) is 25.2. The molecular weight excluding hydrogens is 696 g/mol. The van der Waals surface area contributed by atoms with Crippen molar-refractivity contribution in [3.8, 4) is 11.5 Å². The molecule has 1 atom stereocenters. The topological polar surface area (TPSA) is 295 Å². The van der Waals surface area contributed by atoms with Gasteiger partial charge in [0.2, 0.25) is 5.60 Å². The molecule has 22 heteroatoms. The summed E-state index contributed by atoms with van der Waals surface area (Å²) < 4.78 is -0.0985. The first-order valence-corrected chi connectivity index (χ1v) is 15.1. The molecule has 5 amide bonds. The summed E-state index contributed by atoms with van der Waals surface area (Å²) in [6.45, 7) is 0.950. The number of carbonyl (C=O) groups excluding carboxylic acids is 5. The summed E-state index contributed by atoms with van der Waals surface area (Å²) in [6, 6.07) is 0.490. The molecule has 1 saturated heterocycles. The summed E-state index contributed by atoms with van der Waals surface area (Å²) in [6.07, 6.45) is 0. The van der Waals surface area contributed by atoms with Crippen LogP contribution in [0.25, 0.3) is 0 Å². The Labute approximate surface area is 282 Å². The molecule has 0 saturated carbocycles. The van der Waals surface area contributed by atoms with E-state index in [4.69, 9.17) is 22.2 Å². The Balaban J connectivity index is 1.28. The van der Waals surface area contributed by atoms with Gasteiger partial charge in [0.05, 0.1) is 23.2 Å². The highest BCUT2D eigenvalue weighted by Gasteiger charge is 2.50. The minimum absolute atomic E-state index is 0.0620. The van der Waals surface area contributed by atoms with E-state index in [9.17, 15) is 54.0 Å². The summed E-state index contributed by atoms with van der Waals surface area (Å²) in [4.78, 5) is 98.5. The molecule has 0 bridgehead atoms. The number of nitrogens with two attached hydrogens (primary N) is 1. The van der Waals surface area contributed by atoms with E-state index < -0.39 is 76.0 Å². The van der Waals surface area contributed by atoms with E-state index in [0.29, 0.717) is 5.01 Å². The Morgan fingerprint density at radius 1 is 1.12 bits per heavy atom. The fourth-order valence-electron chi connectivity index (χ4n) is 4.92. The van der Waals surface area contributed by atoms with Gasteiger partial charge >= 0.3 is 11.9 Å². The number of oxime groups is 1. The number of aromatic nitrogens is 1. The van der Waals surface area contributed by atoms with E-state index in [1.807, 2.05) is 0 Å². The Morgan fingerprint density at radius 3 is 2.27 bits per heavy atom. The Bertz CT molecular complexity index is 1880. The van der Waals surface area contributed by atoms with Gasteiger partial charge in [-0.15, -0.1) is 0 Å². The lowest BCUT2D eigenvalue weighted by Gasteiger charge is -2.19. The van der Waals surface area contributed by atoms with Crippen LogP contribution in [-0.4, -0.2) is 125 Å². The Morgan fingerprint density at radius 2 is 1.73 bits per heavy atom. The van der Waals surface area contributed by atoms with Crippen LogP contribution < -0.4 is 16.4 Å². The summed E-state index contributed by atoms with van der Waals surface area (Å²) in [5.74, 6) is -8.80. The molecule has 0 aliphatic carbocycles. The smallest absolute Gasteiger partial charge is 0.354 e. The molecule has 0 spiro atoms. The predicted molar refractivity (Wildman–Crippen MR) is 164 cm³/mol. The maximum Gasteiger partial charge on any atom is 0.354 e. The summed E-state index contributed by atoms with van der Waals surface area (Å²) in [5.41, 5.74) is 1.54. The van der Waals surface area contributed by atoms with Gasteiger partial charge in [-0.2, -0.15) is 0 Å². The summed E-state index contributed by atoms with van der Waals surface area (Å²) in [7, 11) is 0. The maximum atomic E-state index is 13.4. The van der Waals surface area contributed by atoms with Crippen LogP contribution in [0.15, 0.2) is 28.6 Å². The number of hydrogen-bond acceptors (Lipinski definition) is 15. The van der Waals surface area contributed by atoms with Crippen molar-refractivity contribution in [2.45, 2.75) is 25.5 Å². The third-order valence-electron chi connectivity index (χ3n) is 7.41. The van der Waals surface area contributed by atoms with Crippen molar-refractivity contribution in [2.24, 2.45) is 5.16 Å². The molecule has 3 aliphatic rings. The molecule has 5 rings (SSSR count). The van der Waals surface area contributed by atoms with Gasteiger partial charge in [-0.1, -0.05) is 28.1 Å². The molecule has 1 aromatic heterocycles. The maximum absolute atomic E-state index is 13.4. The van der Waals surface area contributed by atoms with Gasteiger partial charge in [-0.25, -0.2) is 24.6 Å². The van der Waals surface area contributed by atoms with Gasteiger partial charge < -0.3 is 41.6 Å². The minimum atomic E-state index is -1.90. The highest BCUT2D eigenvalue weighted by atomic mass is 35.5. The lowest BCUT2D eigenvalue weighted by atomic mass is 10.1. The Kier molecular flexibility index (Phi) is 8.93. The van der Waals surface area contributed by atoms with Crippen molar-refractivity contribution in [3.05, 3.63) is 44.6 Å². The lowest BCUT2D eigenvalue weighted by molar-refractivity contribution is -0.161. The van der Waals surface area contributed by atoms with Crippen LogP contribution in [0.2, 0.25) is 4.34 Å². The molecule has 3 aliphatic heterocycles. The molecule has 258 valence electrons. The van der Waals surface area contributed by atoms with Crippen molar-refractivity contribution in [2.75, 3.05) is 31.9 Å².